The zero-order valence-electron chi connectivity index (χ0n) is 10.5. The summed E-state index contributed by atoms with van der Waals surface area (Å²) in [4.78, 5) is 18.2. The molecule has 2 heterocycles. The summed E-state index contributed by atoms with van der Waals surface area (Å²) in [6, 6.07) is 1.85. The number of piperidine rings is 1. The first-order valence-electron chi connectivity index (χ1n) is 6.11. The van der Waals surface area contributed by atoms with Gasteiger partial charge in [0.15, 0.2) is 0 Å². The maximum atomic E-state index is 12.4. The highest BCUT2D eigenvalue weighted by Crippen LogP contribution is 2.25. The van der Waals surface area contributed by atoms with E-state index >= 15 is 0 Å². The van der Waals surface area contributed by atoms with Gasteiger partial charge in [-0.25, -0.2) is 4.98 Å². The number of likely N-dealkylation sites (tertiary alicyclic amines) is 1. The second-order valence-corrected chi connectivity index (χ2v) is 5.74. The number of halogens is 2. The van der Waals surface area contributed by atoms with Crippen molar-refractivity contribution in [1.82, 2.24) is 9.88 Å². The Balaban J connectivity index is 2.18. The SMILES string of the molecule is CC1CCN(C(=O)c2cnc(Cl)c(Cl)c2)C(C)C1. The molecule has 3 nitrogen and oxygen atoms in total. The molecule has 18 heavy (non-hydrogen) atoms. The minimum Gasteiger partial charge on any atom is -0.336 e. The molecule has 2 unspecified atom stereocenters. The molecule has 0 bridgehead atoms. The van der Waals surface area contributed by atoms with Crippen LogP contribution in [0.2, 0.25) is 10.2 Å². The summed E-state index contributed by atoms with van der Waals surface area (Å²) in [5.41, 5.74) is 0.505. The van der Waals surface area contributed by atoms with Crippen LogP contribution in [0.15, 0.2) is 12.3 Å². The molecule has 0 radical (unpaired) electrons. The summed E-state index contributed by atoms with van der Waals surface area (Å²) >= 11 is 11.6. The molecule has 1 amide bonds. The standard InChI is InChI=1S/C13H16Cl2N2O/c1-8-3-4-17(9(2)5-8)13(18)10-6-11(14)12(15)16-7-10/h6-9H,3-5H2,1-2H3. The van der Waals surface area contributed by atoms with E-state index in [0.29, 0.717) is 16.5 Å². The van der Waals surface area contributed by atoms with Crippen molar-refractivity contribution in [1.29, 1.82) is 0 Å². The van der Waals surface area contributed by atoms with Gasteiger partial charge < -0.3 is 4.90 Å². The van der Waals surface area contributed by atoms with Crippen molar-refractivity contribution in [3.05, 3.63) is 28.0 Å². The van der Waals surface area contributed by atoms with Crippen LogP contribution < -0.4 is 0 Å². The van der Waals surface area contributed by atoms with E-state index in [-0.39, 0.29) is 17.1 Å². The van der Waals surface area contributed by atoms with E-state index in [0.717, 1.165) is 19.4 Å². The minimum atomic E-state index is -0.0135. The summed E-state index contributed by atoms with van der Waals surface area (Å²) < 4.78 is 0. The second kappa shape index (κ2) is 5.45. The molecule has 1 aliphatic heterocycles. The normalized spacial score (nSPS) is 24.1. The van der Waals surface area contributed by atoms with Gasteiger partial charge in [-0.3, -0.25) is 4.79 Å². The molecular weight excluding hydrogens is 271 g/mol. The predicted molar refractivity (Wildman–Crippen MR) is 73.2 cm³/mol. The van der Waals surface area contributed by atoms with Crippen molar-refractivity contribution in [2.45, 2.75) is 32.7 Å². The van der Waals surface area contributed by atoms with Crippen LogP contribution in [-0.2, 0) is 0 Å². The number of hydrogen-bond donors (Lipinski definition) is 0. The van der Waals surface area contributed by atoms with E-state index in [4.69, 9.17) is 23.2 Å². The van der Waals surface area contributed by atoms with Gasteiger partial charge in [-0.15, -0.1) is 0 Å². The first-order chi connectivity index (χ1) is 8.49. The largest absolute Gasteiger partial charge is 0.336 e. The molecule has 0 aromatic carbocycles. The van der Waals surface area contributed by atoms with Crippen LogP contribution in [0.1, 0.15) is 37.0 Å². The third-order valence-corrected chi connectivity index (χ3v) is 4.13. The average Bonchev–Trinajstić information content (AvgIpc) is 2.32. The van der Waals surface area contributed by atoms with Crippen LogP contribution in [0.25, 0.3) is 0 Å². The lowest BCUT2D eigenvalue weighted by atomic mass is 9.93. The van der Waals surface area contributed by atoms with E-state index < -0.39 is 0 Å². The van der Waals surface area contributed by atoms with Gasteiger partial charge >= 0.3 is 0 Å². The maximum Gasteiger partial charge on any atom is 0.255 e. The highest BCUT2D eigenvalue weighted by molar-refractivity contribution is 6.41. The molecule has 0 aliphatic carbocycles. The Morgan fingerprint density at radius 1 is 1.44 bits per heavy atom. The minimum absolute atomic E-state index is 0.0135. The topological polar surface area (TPSA) is 33.2 Å². The fraction of sp³-hybridized carbons (Fsp3) is 0.538. The number of amides is 1. The number of nitrogens with zero attached hydrogens (tertiary/aromatic N) is 2. The molecular formula is C13H16Cl2N2O. The zero-order chi connectivity index (χ0) is 13.3. The molecule has 0 N–H and O–H groups in total. The predicted octanol–water partition coefficient (Wildman–Crippen LogP) is 3.65. The van der Waals surface area contributed by atoms with Crippen LogP contribution in [0.3, 0.4) is 0 Å². The van der Waals surface area contributed by atoms with E-state index in [2.05, 4.69) is 18.8 Å². The van der Waals surface area contributed by atoms with Gasteiger partial charge in [0.05, 0.1) is 10.6 Å². The van der Waals surface area contributed by atoms with Crippen LogP contribution in [0.4, 0.5) is 0 Å². The average molecular weight is 287 g/mol. The lowest BCUT2D eigenvalue weighted by molar-refractivity contribution is 0.0588. The number of carbonyl (C=O) groups is 1. The fourth-order valence-electron chi connectivity index (χ4n) is 2.41. The molecule has 1 aromatic heterocycles. The quantitative estimate of drug-likeness (QED) is 0.739. The van der Waals surface area contributed by atoms with Crippen molar-refractivity contribution in [2.75, 3.05) is 6.54 Å². The van der Waals surface area contributed by atoms with Gasteiger partial charge in [0, 0.05) is 18.8 Å². The highest BCUT2D eigenvalue weighted by atomic mass is 35.5. The lowest BCUT2D eigenvalue weighted by Crippen LogP contribution is -2.44. The second-order valence-electron chi connectivity index (χ2n) is 4.97. The fourth-order valence-corrected chi connectivity index (χ4v) is 2.68. The van der Waals surface area contributed by atoms with Crippen molar-refractivity contribution in [3.8, 4) is 0 Å². The molecule has 98 valence electrons. The summed E-state index contributed by atoms with van der Waals surface area (Å²) in [5.74, 6) is 0.663. The molecule has 5 heteroatoms. The van der Waals surface area contributed by atoms with Crippen molar-refractivity contribution in [3.63, 3.8) is 0 Å². The molecule has 1 aliphatic rings. The van der Waals surface area contributed by atoms with Gasteiger partial charge in [-0.1, -0.05) is 30.1 Å². The van der Waals surface area contributed by atoms with Gasteiger partial charge in [0.25, 0.3) is 5.91 Å². The van der Waals surface area contributed by atoms with Gasteiger partial charge in [0.1, 0.15) is 5.15 Å². The van der Waals surface area contributed by atoms with E-state index in [9.17, 15) is 4.79 Å². The van der Waals surface area contributed by atoms with Crippen LogP contribution in [-0.4, -0.2) is 28.4 Å². The van der Waals surface area contributed by atoms with Crippen LogP contribution in [0.5, 0.6) is 0 Å². The van der Waals surface area contributed by atoms with Gasteiger partial charge in [-0.05, 0) is 31.7 Å². The summed E-state index contributed by atoms with van der Waals surface area (Å²) in [6.45, 7) is 5.10. The van der Waals surface area contributed by atoms with Crippen molar-refractivity contribution < 1.29 is 4.79 Å². The summed E-state index contributed by atoms with van der Waals surface area (Å²) in [6.07, 6.45) is 3.58. The molecule has 2 atom stereocenters. The monoisotopic (exact) mass is 286 g/mol. The Morgan fingerprint density at radius 3 is 2.78 bits per heavy atom. The van der Waals surface area contributed by atoms with Crippen molar-refractivity contribution >= 4 is 29.1 Å². The number of hydrogen-bond acceptors (Lipinski definition) is 2. The first kappa shape index (κ1) is 13.6. The Morgan fingerprint density at radius 2 is 2.17 bits per heavy atom. The summed E-state index contributed by atoms with van der Waals surface area (Å²) in [7, 11) is 0. The van der Waals surface area contributed by atoms with E-state index in [1.807, 2.05) is 4.90 Å². The van der Waals surface area contributed by atoms with Gasteiger partial charge in [-0.2, -0.15) is 0 Å². The maximum absolute atomic E-state index is 12.4. The Bertz CT molecular complexity index is 464. The number of aromatic nitrogens is 1. The van der Waals surface area contributed by atoms with E-state index in [1.54, 1.807) is 6.07 Å². The molecule has 1 fully saturated rings. The molecule has 1 saturated heterocycles. The van der Waals surface area contributed by atoms with E-state index in [1.165, 1.54) is 6.20 Å². The highest BCUT2D eigenvalue weighted by Gasteiger charge is 2.27. The number of rotatable bonds is 1. The van der Waals surface area contributed by atoms with Crippen LogP contribution >= 0.6 is 23.2 Å². The third-order valence-electron chi connectivity index (χ3n) is 3.44. The van der Waals surface area contributed by atoms with Crippen LogP contribution in [0, 0.1) is 5.92 Å². The smallest absolute Gasteiger partial charge is 0.255 e. The lowest BCUT2D eigenvalue weighted by Gasteiger charge is -2.36. The Hall–Kier alpha value is -0.800. The zero-order valence-corrected chi connectivity index (χ0v) is 12.0. The molecule has 0 saturated carbocycles. The number of carbonyl (C=O) groups excluding carboxylic acids is 1. The van der Waals surface area contributed by atoms with Crippen molar-refractivity contribution in [2.24, 2.45) is 5.92 Å². The first-order valence-corrected chi connectivity index (χ1v) is 6.86. The number of pyridine rings is 1. The third kappa shape index (κ3) is 2.78. The summed E-state index contributed by atoms with van der Waals surface area (Å²) in [5, 5.41) is 0.550. The molecule has 1 aromatic rings. The molecule has 2 rings (SSSR count). The Kier molecular flexibility index (Phi) is 4.13. The Labute approximate surface area is 117 Å². The molecule has 0 spiro atoms. The van der Waals surface area contributed by atoms with Gasteiger partial charge in [0.2, 0.25) is 0 Å².